The zero-order valence-corrected chi connectivity index (χ0v) is 10.4. The van der Waals surface area contributed by atoms with Gasteiger partial charge in [-0.2, -0.15) is 0 Å². The third-order valence-corrected chi connectivity index (χ3v) is 1.79. The van der Waals surface area contributed by atoms with E-state index in [2.05, 4.69) is 50.0 Å². The molecule has 0 aromatic carbocycles. The van der Waals surface area contributed by atoms with Crippen molar-refractivity contribution in [1.82, 2.24) is 5.32 Å². The minimum Gasteiger partial charge on any atom is -0.386 e. The molecule has 0 aliphatic carbocycles. The molecule has 0 aromatic rings. The van der Waals surface area contributed by atoms with Crippen molar-refractivity contribution in [3.8, 4) is 0 Å². The smallest absolute Gasteiger partial charge is 0.0201 e. The van der Waals surface area contributed by atoms with Gasteiger partial charge in [0.15, 0.2) is 0 Å². The van der Waals surface area contributed by atoms with Gasteiger partial charge in [-0.05, 0) is 33.3 Å². The van der Waals surface area contributed by atoms with Crippen LogP contribution in [0.5, 0.6) is 0 Å². The summed E-state index contributed by atoms with van der Waals surface area (Å²) in [6.07, 6.45) is 11.3. The molecular formula is C14H23N. The van der Waals surface area contributed by atoms with E-state index in [1.165, 1.54) is 5.57 Å². The second-order valence-electron chi connectivity index (χ2n) is 3.85. The summed E-state index contributed by atoms with van der Waals surface area (Å²) >= 11 is 0. The Labute approximate surface area is 94.3 Å². The van der Waals surface area contributed by atoms with Crippen LogP contribution >= 0.6 is 0 Å². The summed E-state index contributed by atoms with van der Waals surface area (Å²) in [5.74, 6) is 0. The molecule has 84 valence electrons. The van der Waals surface area contributed by atoms with Crippen LogP contribution < -0.4 is 5.32 Å². The molecule has 0 fully saturated rings. The first-order valence-corrected chi connectivity index (χ1v) is 5.49. The van der Waals surface area contributed by atoms with Gasteiger partial charge in [-0.15, -0.1) is 0 Å². The Balaban J connectivity index is 4.35. The minimum absolute atomic E-state index is 0.450. The molecule has 0 saturated carbocycles. The summed E-state index contributed by atoms with van der Waals surface area (Å²) in [6.45, 7) is 12.3. The van der Waals surface area contributed by atoms with Gasteiger partial charge in [0.05, 0.1) is 0 Å². The Morgan fingerprint density at radius 1 is 1.27 bits per heavy atom. The highest BCUT2D eigenvalue weighted by molar-refractivity contribution is 5.27. The van der Waals surface area contributed by atoms with Gasteiger partial charge in [0.25, 0.3) is 0 Å². The Morgan fingerprint density at radius 2 is 1.93 bits per heavy atom. The Kier molecular flexibility index (Phi) is 7.43. The highest BCUT2D eigenvalue weighted by Gasteiger charge is 1.98. The zero-order valence-electron chi connectivity index (χ0n) is 10.4. The molecule has 0 aliphatic rings. The summed E-state index contributed by atoms with van der Waals surface area (Å²) in [5, 5.41) is 3.31. The number of rotatable bonds is 6. The van der Waals surface area contributed by atoms with Gasteiger partial charge in [0.2, 0.25) is 0 Å². The molecule has 0 aromatic heterocycles. The van der Waals surface area contributed by atoms with Crippen molar-refractivity contribution in [2.24, 2.45) is 0 Å². The summed E-state index contributed by atoms with van der Waals surface area (Å²) in [4.78, 5) is 0. The highest BCUT2D eigenvalue weighted by Crippen LogP contribution is 2.09. The molecule has 15 heavy (non-hydrogen) atoms. The van der Waals surface area contributed by atoms with Gasteiger partial charge in [-0.25, -0.2) is 0 Å². The topological polar surface area (TPSA) is 12.0 Å². The molecule has 0 spiro atoms. The van der Waals surface area contributed by atoms with Crippen molar-refractivity contribution in [3.05, 3.63) is 48.2 Å². The van der Waals surface area contributed by atoms with E-state index >= 15 is 0 Å². The molecule has 0 rings (SSSR count). The maximum atomic E-state index is 4.02. The zero-order chi connectivity index (χ0) is 11.7. The average molecular weight is 205 g/mol. The lowest BCUT2D eigenvalue weighted by molar-refractivity contribution is 0.658. The first-order valence-electron chi connectivity index (χ1n) is 5.49. The SMILES string of the molecule is C=C(CC(/C=C\C)=C/C=C\C)NC(C)C. The first-order chi connectivity index (χ1) is 7.10. The van der Waals surface area contributed by atoms with Crippen LogP contribution in [0.15, 0.2) is 48.2 Å². The lowest BCUT2D eigenvalue weighted by Crippen LogP contribution is -2.21. The number of allylic oxidation sites excluding steroid dienone is 6. The second kappa shape index (κ2) is 8.10. The van der Waals surface area contributed by atoms with Crippen molar-refractivity contribution in [2.75, 3.05) is 0 Å². The lowest BCUT2D eigenvalue weighted by Gasteiger charge is -2.13. The fourth-order valence-corrected chi connectivity index (χ4v) is 1.31. The van der Waals surface area contributed by atoms with Crippen molar-refractivity contribution < 1.29 is 0 Å². The molecular weight excluding hydrogens is 182 g/mol. The van der Waals surface area contributed by atoms with Gasteiger partial charge in [0, 0.05) is 18.2 Å². The summed E-state index contributed by atoms with van der Waals surface area (Å²) in [7, 11) is 0. The monoisotopic (exact) mass is 205 g/mol. The predicted octanol–water partition coefficient (Wildman–Crippen LogP) is 3.97. The Bertz CT molecular complexity index is 267. The predicted molar refractivity (Wildman–Crippen MR) is 69.7 cm³/mol. The highest BCUT2D eigenvalue weighted by atomic mass is 14.9. The van der Waals surface area contributed by atoms with Crippen molar-refractivity contribution in [1.29, 1.82) is 0 Å². The number of hydrogen-bond acceptors (Lipinski definition) is 1. The van der Waals surface area contributed by atoms with E-state index in [9.17, 15) is 0 Å². The fourth-order valence-electron chi connectivity index (χ4n) is 1.31. The molecule has 1 N–H and O–H groups in total. The summed E-state index contributed by atoms with van der Waals surface area (Å²) < 4.78 is 0. The van der Waals surface area contributed by atoms with Gasteiger partial charge in [-0.3, -0.25) is 0 Å². The maximum Gasteiger partial charge on any atom is 0.0201 e. The summed E-state index contributed by atoms with van der Waals surface area (Å²) in [6, 6.07) is 0.450. The van der Waals surface area contributed by atoms with E-state index in [4.69, 9.17) is 0 Å². The fraction of sp³-hybridized carbons (Fsp3) is 0.429. The third-order valence-electron chi connectivity index (χ3n) is 1.79. The van der Waals surface area contributed by atoms with Crippen LogP contribution in [0.3, 0.4) is 0 Å². The van der Waals surface area contributed by atoms with Gasteiger partial charge >= 0.3 is 0 Å². The van der Waals surface area contributed by atoms with E-state index in [-0.39, 0.29) is 0 Å². The van der Waals surface area contributed by atoms with E-state index in [1.807, 2.05) is 19.9 Å². The molecule has 0 amide bonds. The summed E-state index contributed by atoms with van der Waals surface area (Å²) in [5.41, 5.74) is 2.34. The van der Waals surface area contributed by atoms with E-state index in [1.54, 1.807) is 0 Å². The van der Waals surface area contributed by atoms with Gasteiger partial charge in [-0.1, -0.05) is 37.0 Å². The van der Waals surface area contributed by atoms with E-state index < -0.39 is 0 Å². The lowest BCUT2D eigenvalue weighted by atomic mass is 10.1. The molecule has 1 heteroatoms. The van der Waals surface area contributed by atoms with Gasteiger partial charge < -0.3 is 5.32 Å². The molecule has 0 saturated heterocycles. The molecule has 0 unspecified atom stereocenters. The average Bonchev–Trinajstić information content (AvgIpc) is 2.13. The first kappa shape index (κ1) is 13.8. The van der Waals surface area contributed by atoms with Crippen LogP contribution in [0.2, 0.25) is 0 Å². The van der Waals surface area contributed by atoms with Crippen LogP contribution in [-0.2, 0) is 0 Å². The van der Waals surface area contributed by atoms with Gasteiger partial charge in [0.1, 0.15) is 0 Å². The van der Waals surface area contributed by atoms with Crippen molar-refractivity contribution in [2.45, 2.75) is 40.2 Å². The Hall–Kier alpha value is -1.24. The van der Waals surface area contributed by atoms with Crippen LogP contribution in [0.1, 0.15) is 34.1 Å². The van der Waals surface area contributed by atoms with E-state index in [0.717, 1.165) is 12.1 Å². The van der Waals surface area contributed by atoms with Crippen LogP contribution in [0.4, 0.5) is 0 Å². The largest absolute Gasteiger partial charge is 0.386 e. The standard InChI is InChI=1S/C14H23N/c1-6-8-10-14(9-7-2)11-13(5)15-12(3)4/h6-10,12,15H,5,11H2,1-4H3/b8-6-,9-7-,14-10+. The quantitative estimate of drug-likeness (QED) is 0.647. The molecule has 0 radical (unpaired) electrons. The molecule has 1 nitrogen and oxygen atoms in total. The maximum absolute atomic E-state index is 4.02. The second-order valence-corrected chi connectivity index (χ2v) is 3.85. The van der Waals surface area contributed by atoms with Crippen LogP contribution in [0.25, 0.3) is 0 Å². The normalized spacial score (nSPS) is 13.0. The van der Waals surface area contributed by atoms with Crippen molar-refractivity contribution >= 4 is 0 Å². The minimum atomic E-state index is 0.450. The van der Waals surface area contributed by atoms with Crippen LogP contribution in [-0.4, -0.2) is 6.04 Å². The van der Waals surface area contributed by atoms with Crippen LogP contribution in [0, 0.1) is 0 Å². The number of hydrogen-bond donors (Lipinski definition) is 1. The molecule has 0 atom stereocenters. The van der Waals surface area contributed by atoms with Crippen molar-refractivity contribution in [3.63, 3.8) is 0 Å². The van der Waals surface area contributed by atoms with E-state index in [0.29, 0.717) is 6.04 Å². The molecule has 0 aliphatic heterocycles. The molecule has 0 bridgehead atoms. The third kappa shape index (κ3) is 7.80. The Morgan fingerprint density at radius 3 is 2.40 bits per heavy atom. The number of nitrogens with one attached hydrogen (secondary N) is 1. The molecule has 0 heterocycles.